The molecule has 2 aliphatic carbocycles. The largest absolute Gasteiger partial charge is 0.152 e. The summed E-state index contributed by atoms with van der Waals surface area (Å²) in [7, 11) is 0. The Balaban J connectivity index is 1.02. The van der Waals surface area contributed by atoms with E-state index in [0.717, 1.165) is 23.0 Å². The Hall–Kier alpha value is -3.98. The SMILES string of the molecule is CCCC1(CCC)c2ccccc2-c2ccc(-c3cc4cc(c3)CSCc3cc(cc(-c5ccc6c(c5)C(CCC)(CCC)c5ccccc5-6)c3)CSC4)cc21. The van der Waals surface area contributed by atoms with Crippen LogP contribution in [0.1, 0.15) is 124 Å². The van der Waals surface area contributed by atoms with Crippen molar-refractivity contribution in [2.75, 3.05) is 0 Å². The second-order valence-corrected chi connectivity index (χ2v) is 18.8. The molecule has 0 saturated carbocycles. The predicted molar refractivity (Wildman–Crippen MR) is 246 cm³/mol. The zero-order chi connectivity index (χ0) is 38.3. The van der Waals surface area contributed by atoms with Gasteiger partial charge < -0.3 is 0 Å². The summed E-state index contributed by atoms with van der Waals surface area (Å²) in [5.41, 5.74) is 23.4. The highest BCUT2D eigenvalue weighted by Crippen LogP contribution is 2.56. The normalized spacial score (nSPS) is 15.9. The number of hydrogen-bond acceptors (Lipinski definition) is 2. The zero-order valence-electron chi connectivity index (χ0n) is 33.8. The monoisotopic (exact) mass is 768 g/mol. The van der Waals surface area contributed by atoms with Gasteiger partial charge in [-0.2, -0.15) is 23.5 Å². The molecule has 0 radical (unpaired) electrons. The Morgan fingerprint density at radius 3 is 1.05 bits per heavy atom. The molecule has 0 spiro atoms. The van der Waals surface area contributed by atoms with Crippen LogP contribution in [-0.4, -0.2) is 0 Å². The van der Waals surface area contributed by atoms with Gasteiger partial charge in [-0.1, -0.05) is 163 Å². The Morgan fingerprint density at radius 1 is 0.357 bits per heavy atom. The van der Waals surface area contributed by atoms with Gasteiger partial charge in [0.2, 0.25) is 0 Å². The van der Waals surface area contributed by atoms with E-state index in [1.165, 1.54) is 118 Å². The standard InChI is InChI=1S/C54H56S2/c1-5-21-53(22-6-2)49-15-11-9-13-45(49)47-19-17-41(31-51(47)53)43-27-37-25-38(28-43)34-56-36-40-26-39(35-55-33-37)29-44(30-40)42-18-20-48-46-14-10-12-16-50(46)54(23-7-3,24-8-4)52(48)32-42/h9-20,25-32H,5-8,21-24,33-36H2,1-4H3. The summed E-state index contributed by atoms with van der Waals surface area (Å²) < 4.78 is 0. The molecular weight excluding hydrogens is 713 g/mol. The van der Waals surface area contributed by atoms with Crippen LogP contribution in [0.3, 0.4) is 0 Å². The van der Waals surface area contributed by atoms with E-state index in [1.807, 2.05) is 0 Å². The van der Waals surface area contributed by atoms with Gasteiger partial charge in [0.05, 0.1) is 0 Å². The molecule has 0 unspecified atom stereocenters. The van der Waals surface area contributed by atoms with Crippen molar-refractivity contribution >= 4 is 23.5 Å². The Kier molecular flexibility index (Phi) is 10.6. The minimum Gasteiger partial charge on any atom is -0.152 e. The smallest absolute Gasteiger partial charge is 0.0215 e. The maximum atomic E-state index is 2.57. The maximum absolute atomic E-state index is 2.57. The summed E-state index contributed by atoms with van der Waals surface area (Å²) in [6.07, 6.45) is 9.57. The molecule has 9 rings (SSSR count). The summed E-state index contributed by atoms with van der Waals surface area (Å²) in [6.45, 7) is 9.43. The van der Waals surface area contributed by atoms with Crippen LogP contribution in [0.15, 0.2) is 121 Å². The van der Waals surface area contributed by atoms with Crippen LogP contribution in [0.4, 0.5) is 0 Å². The molecule has 0 amide bonds. The van der Waals surface area contributed by atoms with Gasteiger partial charge >= 0.3 is 0 Å². The first-order valence-electron chi connectivity index (χ1n) is 21.4. The summed E-state index contributed by atoms with van der Waals surface area (Å²) in [4.78, 5) is 0. The lowest BCUT2D eigenvalue weighted by Crippen LogP contribution is -2.25. The molecule has 2 heteroatoms. The Labute approximate surface area is 345 Å². The molecular formula is C54H56S2. The Bertz CT molecular complexity index is 2170. The number of benzene rings is 6. The van der Waals surface area contributed by atoms with Gasteiger partial charge in [-0.3, -0.25) is 0 Å². The van der Waals surface area contributed by atoms with Crippen molar-refractivity contribution in [1.29, 1.82) is 0 Å². The van der Waals surface area contributed by atoms with Crippen LogP contribution in [0, 0.1) is 0 Å². The average molecular weight is 769 g/mol. The lowest BCUT2D eigenvalue weighted by molar-refractivity contribution is 0.436. The number of rotatable bonds is 10. The highest BCUT2D eigenvalue weighted by molar-refractivity contribution is 7.98. The van der Waals surface area contributed by atoms with Crippen molar-refractivity contribution in [1.82, 2.24) is 0 Å². The second kappa shape index (κ2) is 15.8. The number of fused-ring (bicyclic) bond motifs is 10. The van der Waals surface area contributed by atoms with Crippen LogP contribution in [0.25, 0.3) is 44.5 Å². The second-order valence-electron chi connectivity index (χ2n) is 16.8. The summed E-state index contributed by atoms with van der Waals surface area (Å²) in [6, 6.07) is 48.2. The molecule has 0 atom stereocenters. The highest BCUT2D eigenvalue weighted by Gasteiger charge is 2.43. The van der Waals surface area contributed by atoms with Crippen molar-refractivity contribution in [3.63, 3.8) is 0 Å². The van der Waals surface area contributed by atoms with Crippen molar-refractivity contribution in [3.8, 4) is 44.5 Å². The zero-order valence-corrected chi connectivity index (χ0v) is 35.5. The molecule has 4 bridgehead atoms. The Morgan fingerprint density at radius 2 is 0.696 bits per heavy atom. The third kappa shape index (κ3) is 6.50. The molecule has 1 aliphatic heterocycles. The predicted octanol–water partition coefficient (Wildman–Crippen LogP) is 15.9. The fourth-order valence-corrected chi connectivity index (χ4v) is 12.9. The van der Waals surface area contributed by atoms with Crippen molar-refractivity contribution in [3.05, 3.63) is 166 Å². The topological polar surface area (TPSA) is 0 Å². The number of thioether (sulfide) groups is 2. The van der Waals surface area contributed by atoms with Crippen LogP contribution < -0.4 is 0 Å². The van der Waals surface area contributed by atoms with Crippen LogP contribution >= 0.6 is 23.5 Å². The van der Waals surface area contributed by atoms with E-state index >= 15 is 0 Å². The van der Waals surface area contributed by atoms with E-state index in [1.54, 1.807) is 22.3 Å². The first-order chi connectivity index (χ1) is 27.5. The van der Waals surface area contributed by atoms with Gasteiger partial charge in [-0.15, -0.1) is 0 Å². The molecule has 1 heterocycles. The molecule has 284 valence electrons. The van der Waals surface area contributed by atoms with Crippen molar-refractivity contribution < 1.29 is 0 Å². The third-order valence-corrected chi connectivity index (χ3v) is 15.2. The van der Waals surface area contributed by atoms with E-state index in [2.05, 4.69) is 173 Å². The van der Waals surface area contributed by atoms with E-state index in [9.17, 15) is 0 Å². The third-order valence-electron chi connectivity index (χ3n) is 13.1. The summed E-state index contributed by atoms with van der Waals surface area (Å²) in [5.74, 6) is 4.07. The lowest BCUT2D eigenvalue weighted by Gasteiger charge is -2.32. The first kappa shape index (κ1) is 37.6. The average Bonchev–Trinajstić information content (AvgIpc) is 3.64. The summed E-state index contributed by atoms with van der Waals surface area (Å²) >= 11 is 4.12. The van der Waals surface area contributed by atoms with Gasteiger partial charge in [0.1, 0.15) is 0 Å². The quantitative estimate of drug-likeness (QED) is 0.136. The van der Waals surface area contributed by atoms with Gasteiger partial charge in [0.15, 0.2) is 0 Å². The molecule has 0 aromatic heterocycles. The molecule has 0 saturated heterocycles. The maximum Gasteiger partial charge on any atom is 0.0215 e. The fraction of sp³-hybridized carbons (Fsp3) is 0.333. The molecule has 6 aromatic rings. The van der Waals surface area contributed by atoms with Crippen LogP contribution in [0.5, 0.6) is 0 Å². The van der Waals surface area contributed by atoms with Gasteiger partial charge in [-0.05, 0) is 127 Å². The lowest BCUT2D eigenvalue weighted by atomic mass is 9.71. The van der Waals surface area contributed by atoms with Gasteiger partial charge in [0.25, 0.3) is 0 Å². The van der Waals surface area contributed by atoms with Gasteiger partial charge in [-0.25, -0.2) is 0 Å². The molecule has 0 nitrogen and oxygen atoms in total. The van der Waals surface area contributed by atoms with Crippen molar-refractivity contribution in [2.45, 2.75) is 113 Å². The number of hydrogen-bond donors (Lipinski definition) is 0. The van der Waals surface area contributed by atoms with Crippen LogP contribution in [-0.2, 0) is 33.8 Å². The van der Waals surface area contributed by atoms with Crippen molar-refractivity contribution in [2.24, 2.45) is 0 Å². The van der Waals surface area contributed by atoms with Crippen LogP contribution in [0.2, 0.25) is 0 Å². The minimum absolute atomic E-state index is 0.110. The highest BCUT2D eigenvalue weighted by atomic mass is 32.2. The molecule has 0 fully saturated rings. The van der Waals surface area contributed by atoms with E-state index in [0.29, 0.717) is 0 Å². The van der Waals surface area contributed by atoms with E-state index in [-0.39, 0.29) is 10.8 Å². The molecule has 6 aromatic carbocycles. The molecule has 0 N–H and O–H groups in total. The van der Waals surface area contributed by atoms with E-state index < -0.39 is 0 Å². The van der Waals surface area contributed by atoms with E-state index in [4.69, 9.17) is 0 Å². The van der Waals surface area contributed by atoms with Gasteiger partial charge in [0, 0.05) is 33.8 Å². The molecule has 56 heavy (non-hydrogen) atoms. The summed E-state index contributed by atoms with van der Waals surface area (Å²) in [5, 5.41) is 0. The molecule has 3 aliphatic rings. The minimum atomic E-state index is 0.110. The fourth-order valence-electron chi connectivity index (χ4n) is 11.1. The first-order valence-corrected chi connectivity index (χ1v) is 23.7.